The highest BCUT2D eigenvalue weighted by atomic mass is 19.1. The third kappa shape index (κ3) is 2.91. The van der Waals surface area contributed by atoms with E-state index < -0.39 is 18.2 Å². The van der Waals surface area contributed by atoms with Crippen LogP contribution in [0.2, 0.25) is 0 Å². The summed E-state index contributed by atoms with van der Waals surface area (Å²) >= 11 is 0. The van der Waals surface area contributed by atoms with Crippen LogP contribution in [-0.4, -0.2) is 30.5 Å². The first-order chi connectivity index (χ1) is 15.6. The summed E-state index contributed by atoms with van der Waals surface area (Å²) in [5.74, 6) is 0.589. The van der Waals surface area contributed by atoms with Gasteiger partial charge in [-0.05, 0) is 35.4 Å². The van der Waals surface area contributed by atoms with E-state index in [-0.39, 0.29) is 6.42 Å². The summed E-state index contributed by atoms with van der Waals surface area (Å²) in [5.41, 5.74) is 10.7. The monoisotopic (exact) mass is 428 g/mol. The van der Waals surface area contributed by atoms with Crippen molar-refractivity contribution >= 4 is 11.2 Å². The predicted molar refractivity (Wildman–Crippen MR) is 117 cm³/mol. The largest absolute Gasteiger partial charge is 0.322 e. The van der Waals surface area contributed by atoms with E-state index in [1.165, 1.54) is 16.9 Å². The minimum atomic E-state index is -1.09. The number of hydrogen-bond donors (Lipinski definition) is 1. The molecule has 0 bridgehead atoms. The topological polar surface area (TPSA) is 74.6 Å². The number of imidazole rings is 1. The van der Waals surface area contributed by atoms with Crippen molar-refractivity contribution in [3.8, 4) is 22.9 Å². The molecule has 3 heterocycles. The molecule has 0 fully saturated rings. The molecule has 0 saturated carbocycles. The Morgan fingerprint density at radius 1 is 0.969 bits per heavy atom. The molecule has 6 nitrogen and oxygen atoms in total. The van der Waals surface area contributed by atoms with E-state index in [4.69, 9.17) is 15.7 Å². The number of halogens is 2. The van der Waals surface area contributed by atoms with Gasteiger partial charge in [-0.25, -0.2) is 19.0 Å². The Kier molecular flexibility index (Phi) is 4.16. The molecule has 0 aliphatic heterocycles. The van der Waals surface area contributed by atoms with E-state index >= 15 is 0 Å². The van der Waals surface area contributed by atoms with Gasteiger partial charge in [0.1, 0.15) is 17.5 Å². The molecular weight excluding hydrogens is 410 g/mol. The molecule has 1 aliphatic rings. The quantitative estimate of drug-likeness (QED) is 0.465. The van der Waals surface area contributed by atoms with Gasteiger partial charge in [0.05, 0.1) is 6.04 Å². The lowest BCUT2D eigenvalue weighted by Gasteiger charge is -2.12. The summed E-state index contributed by atoms with van der Waals surface area (Å²) in [5, 5.41) is 3.82. The molecule has 5 aromatic rings. The second-order valence-corrected chi connectivity index (χ2v) is 7.86. The fourth-order valence-corrected chi connectivity index (χ4v) is 4.29. The molecule has 2 N–H and O–H groups in total. The number of fused-ring (bicyclic) bond motifs is 2. The number of pyridine rings is 1. The lowest BCUT2D eigenvalue weighted by molar-refractivity contribution is 0.303. The van der Waals surface area contributed by atoms with Crippen molar-refractivity contribution in [3.63, 3.8) is 0 Å². The molecule has 1 unspecified atom stereocenters. The van der Waals surface area contributed by atoms with Crippen LogP contribution in [0.3, 0.4) is 0 Å². The van der Waals surface area contributed by atoms with Crippen LogP contribution in [-0.2, 0) is 6.42 Å². The van der Waals surface area contributed by atoms with Crippen molar-refractivity contribution in [2.24, 2.45) is 5.73 Å². The number of hydrogen-bond acceptors (Lipinski definition) is 4. The van der Waals surface area contributed by atoms with Crippen LogP contribution in [0.1, 0.15) is 17.2 Å². The van der Waals surface area contributed by atoms with Gasteiger partial charge in [0.2, 0.25) is 5.95 Å². The van der Waals surface area contributed by atoms with Crippen LogP contribution >= 0.6 is 0 Å². The number of rotatable bonds is 3. The molecule has 0 saturated heterocycles. The predicted octanol–water partition coefficient (Wildman–Crippen LogP) is 4.31. The van der Waals surface area contributed by atoms with Crippen LogP contribution in [0.15, 0.2) is 72.9 Å². The van der Waals surface area contributed by atoms with Gasteiger partial charge in [0.25, 0.3) is 0 Å². The van der Waals surface area contributed by atoms with E-state index in [1.807, 2.05) is 59.2 Å². The first kappa shape index (κ1) is 18.8. The zero-order chi connectivity index (χ0) is 21.8. The van der Waals surface area contributed by atoms with Crippen LogP contribution in [0, 0.1) is 5.95 Å². The maximum Gasteiger partial charge on any atom is 0.233 e. The highest BCUT2D eigenvalue weighted by molar-refractivity contribution is 5.81. The summed E-state index contributed by atoms with van der Waals surface area (Å²) < 4.78 is 31.0. The summed E-state index contributed by atoms with van der Waals surface area (Å²) in [4.78, 5) is 9.56. The number of benzene rings is 2. The van der Waals surface area contributed by atoms with E-state index in [9.17, 15) is 8.78 Å². The summed E-state index contributed by atoms with van der Waals surface area (Å²) in [6.45, 7) is 0. The molecule has 158 valence electrons. The van der Waals surface area contributed by atoms with Gasteiger partial charge in [-0.2, -0.15) is 4.39 Å². The van der Waals surface area contributed by atoms with Crippen LogP contribution in [0.25, 0.3) is 34.1 Å². The molecule has 8 heteroatoms. The van der Waals surface area contributed by atoms with Crippen LogP contribution in [0.4, 0.5) is 8.78 Å². The normalized spacial score (nSPS) is 17.7. The van der Waals surface area contributed by atoms with Gasteiger partial charge >= 0.3 is 0 Å². The minimum Gasteiger partial charge on any atom is -0.322 e. The van der Waals surface area contributed by atoms with Crippen molar-refractivity contribution in [2.75, 3.05) is 0 Å². The van der Waals surface area contributed by atoms with E-state index in [0.29, 0.717) is 22.8 Å². The lowest BCUT2D eigenvalue weighted by Crippen LogP contribution is -2.17. The zero-order valence-electron chi connectivity index (χ0n) is 16.9. The Morgan fingerprint density at radius 2 is 1.81 bits per heavy atom. The second-order valence-electron chi connectivity index (χ2n) is 7.86. The van der Waals surface area contributed by atoms with Gasteiger partial charge < -0.3 is 5.73 Å². The second kappa shape index (κ2) is 7.06. The third-order valence-electron chi connectivity index (χ3n) is 5.86. The number of aromatic nitrogens is 5. The Balaban J connectivity index is 1.60. The Morgan fingerprint density at radius 3 is 2.59 bits per heavy atom. The molecule has 0 amide bonds. The molecule has 0 radical (unpaired) electrons. The van der Waals surface area contributed by atoms with E-state index in [2.05, 4.69) is 5.10 Å². The first-order valence-corrected chi connectivity index (χ1v) is 10.3. The van der Waals surface area contributed by atoms with Crippen molar-refractivity contribution in [1.29, 1.82) is 0 Å². The van der Waals surface area contributed by atoms with Gasteiger partial charge in [-0.3, -0.25) is 4.57 Å². The summed E-state index contributed by atoms with van der Waals surface area (Å²) in [7, 11) is 0. The van der Waals surface area contributed by atoms with Crippen LogP contribution < -0.4 is 5.73 Å². The van der Waals surface area contributed by atoms with Gasteiger partial charge in [-0.1, -0.05) is 36.4 Å². The van der Waals surface area contributed by atoms with Gasteiger partial charge in [0, 0.05) is 29.9 Å². The fraction of sp³-hybridized carbons (Fsp3) is 0.125. The van der Waals surface area contributed by atoms with E-state index in [0.717, 1.165) is 22.4 Å². The standard InChI is InChI=1S/C24H18F2N6/c25-18-13-15-12-16(6-7-17(15)22(18)27)32-23(14-4-2-1-3-5-14)28-19-8-9-21(29-24(19)32)31-11-10-20(26)30-31/h1-12,18,22H,13,27H2/t18?,22-/m1/s1. The first-order valence-electron chi connectivity index (χ1n) is 10.3. The van der Waals surface area contributed by atoms with Gasteiger partial charge in [-0.15, -0.1) is 5.10 Å². The number of nitrogens with two attached hydrogens (primary N) is 1. The van der Waals surface area contributed by atoms with E-state index in [1.54, 1.807) is 6.07 Å². The van der Waals surface area contributed by atoms with Crippen molar-refractivity contribution in [3.05, 3.63) is 90.0 Å². The molecule has 0 spiro atoms. The number of nitrogens with zero attached hydrogens (tertiary/aromatic N) is 5. The molecule has 6 rings (SSSR count). The van der Waals surface area contributed by atoms with Gasteiger partial charge in [0.15, 0.2) is 11.5 Å². The van der Waals surface area contributed by atoms with Crippen molar-refractivity contribution < 1.29 is 8.78 Å². The third-order valence-corrected chi connectivity index (χ3v) is 5.86. The van der Waals surface area contributed by atoms with Crippen molar-refractivity contribution in [1.82, 2.24) is 24.3 Å². The zero-order valence-corrected chi connectivity index (χ0v) is 16.9. The lowest BCUT2D eigenvalue weighted by atomic mass is 10.1. The Bertz CT molecular complexity index is 1460. The molecule has 32 heavy (non-hydrogen) atoms. The highest BCUT2D eigenvalue weighted by Crippen LogP contribution is 2.35. The maximum atomic E-state index is 14.2. The molecule has 1 aliphatic carbocycles. The highest BCUT2D eigenvalue weighted by Gasteiger charge is 2.30. The van der Waals surface area contributed by atoms with Crippen molar-refractivity contribution in [2.45, 2.75) is 18.6 Å². The molecule has 2 atom stereocenters. The SMILES string of the molecule is N[C@@H]1c2ccc(-n3c(-c4ccccc4)nc4ccc(-n5ccc(F)n5)nc43)cc2CC1F. The van der Waals surface area contributed by atoms with Crippen LogP contribution in [0.5, 0.6) is 0 Å². The minimum absolute atomic E-state index is 0.281. The summed E-state index contributed by atoms with van der Waals surface area (Å²) in [6, 6.07) is 19.8. The number of alkyl halides is 1. The fourth-order valence-electron chi connectivity index (χ4n) is 4.29. The molecular formula is C24H18F2N6. The average molecular weight is 428 g/mol. The Hall–Kier alpha value is -3.91. The average Bonchev–Trinajstić information content (AvgIpc) is 3.49. The molecule has 3 aromatic heterocycles. The maximum absolute atomic E-state index is 14.2. The summed E-state index contributed by atoms with van der Waals surface area (Å²) in [6.07, 6.45) is 0.705. The molecule has 2 aromatic carbocycles. The Labute approximate surface area is 182 Å². The smallest absolute Gasteiger partial charge is 0.233 e.